The molecule has 0 aromatic heterocycles. The average Bonchev–Trinajstić information content (AvgIpc) is 2.11. The van der Waals surface area contributed by atoms with Crippen molar-refractivity contribution in [3.8, 4) is 0 Å². The first-order chi connectivity index (χ1) is 7.18. The molecule has 0 saturated heterocycles. The second-order valence-electron chi connectivity index (χ2n) is 4.69. The molecular weight excluding hydrogens is 184 g/mol. The van der Waals surface area contributed by atoms with Crippen LogP contribution in [0.25, 0.3) is 0 Å². The van der Waals surface area contributed by atoms with Crippen molar-refractivity contribution in [3.63, 3.8) is 0 Å². The van der Waals surface area contributed by atoms with Crippen LogP contribution in [0.5, 0.6) is 0 Å². The second kappa shape index (κ2) is 4.18. The highest BCUT2D eigenvalue weighted by molar-refractivity contribution is 5.98. The first-order valence-corrected chi connectivity index (χ1v) is 5.78. The van der Waals surface area contributed by atoms with Crippen molar-refractivity contribution in [2.24, 2.45) is 5.92 Å². The van der Waals surface area contributed by atoms with Crippen molar-refractivity contribution in [1.82, 2.24) is 0 Å². The molecule has 0 bridgehead atoms. The maximum absolute atomic E-state index is 12.1. The van der Waals surface area contributed by atoms with Crippen molar-refractivity contribution in [2.45, 2.75) is 39.5 Å². The number of carbonyl (C=O) groups excluding carboxylic acids is 1. The first-order valence-electron chi connectivity index (χ1n) is 5.78. The Morgan fingerprint density at radius 3 is 2.33 bits per heavy atom. The highest BCUT2D eigenvalue weighted by Gasteiger charge is 2.22. The van der Waals surface area contributed by atoms with Crippen LogP contribution in [0, 0.1) is 19.8 Å². The van der Waals surface area contributed by atoms with Crippen LogP contribution in [0.1, 0.15) is 47.2 Å². The summed E-state index contributed by atoms with van der Waals surface area (Å²) >= 11 is 0. The van der Waals surface area contributed by atoms with Gasteiger partial charge in [0.15, 0.2) is 5.78 Å². The fraction of sp³-hybridized carbons (Fsp3) is 0.500. The normalized spacial score (nSPS) is 16.1. The Morgan fingerprint density at radius 1 is 1.27 bits per heavy atom. The van der Waals surface area contributed by atoms with Gasteiger partial charge in [0.25, 0.3) is 0 Å². The van der Waals surface area contributed by atoms with Crippen LogP contribution in [-0.2, 0) is 0 Å². The van der Waals surface area contributed by atoms with Crippen LogP contribution >= 0.6 is 0 Å². The summed E-state index contributed by atoms with van der Waals surface area (Å²) in [6, 6.07) is 6.08. The number of ketones is 1. The molecule has 1 aliphatic carbocycles. The standard InChI is InChI=1S/C14H18O/c1-10-5-3-6-11(2)14(10)13(15)9-12-7-4-8-12/h3,5-6,12H,4,7-9H2,1-2H3. The summed E-state index contributed by atoms with van der Waals surface area (Å²) in [6.45, 7) is 4.06. The van der Waals surface area contributed by atoms with E-state index in [4.69, 9.17) is 0 Å². The van der Waals surface area contributed by atoms with Crippen LogP contribution < -0.4 is 0 Å². The fourth-order valence-corrected chi connectivity index (χ4v) is 2.32. The highest BCUT2D eigenvalue weighted by atomic mass is 16.1. The van der Waals surface area contributed by atoms with Crippen LogP contribution in [0.15, 0.2) is 18.2 Å². The van der Waals surface area contributed by atoms with Gasteiger partial charge in [0, 0.05) is 12.0 Å². The van der Waals surface area contributed by atoms with Gasteiger partial charge < -0.3 is 0 Å². The van der Waals surface area contributed by atoms with Crippen LogP contribution in [0.4, 0.5) is 0 Å². The minimum Gasteiger partial charge on any atom is -0.294 e. The van der Waals surface area contributed by atoms with E-state index >= 15 is 0 Å². The molecule has 15 heavy (non-hydrogen) atoms. The van der Waals surface area contributed by atoms with Gasteiger partial charge in [-0.1, -0.05) is 37.5 Å². The molecule has 0 heterocycles. The SMILES string of the molecule is Cc1cccc(C)c1C(=O)CC1CCC1. The fourth-order valence-electron chi connectivity index (χ4n) is 2.32. The zero-order valence-electron chi connectivity index (χ0n) is 9.55. The van der Waals surface area contributed by atoms with E-state index in [1.54, 1.807) is 0 Å². The Labute approximate surface area is 91.5 Å². The molecule has 0 unspecified atom stereocenters. The van der Waals surface area contributed by atoms with Crippen molar-refractivity contribution < 1.29 is 4.79 Å². The molecule has 0 radical (unpaired) electrons. The molecule has 2 rings (SSSR count). The Balaban J connectivity index is 2.16. The van der Waals surface area contributed by atoms with Gasteiger partial charge >= 0.3 is 0 Å². The average molecular weight is 202 g/mol. The molecule has 1 aliphatic rings. The molecule has 0 atom stereocenters. The number of rotatable bonds is 3. The third-order valence-electron chi connectivity index (χ3n) is 3.46. The lowest BCUT2D eigenvalue weighted by Gasteiger charge is -2.24. The van der Waals surface area contributed by atoms with Crippen LogP contribution in [-0.4, -0.2) is 5.78 Å². The molecular formula is C14H18O. The van der Waals surface area contributed by atoms with E-state index in [-0.39, 0.29) is 0 Å². The van der Waals surface area contributed by atoms with Crippen molar-refractivity contribution in [1.29, 1.82) is 0 Å². The highest BCUT2D eigenvalue weighted by Crippen LogP contribution is 2.31. The molecule has 1 heteroatoms. The topological polar surface area (TPSA) is 17.1 Å². The van der Waals surface area contributed by atoms with Gasteiger partial charge in [0.1, 0.15) is 0 Å². The number of hydrogen-bond acceptors (Lipinski definition) is 1. The monoisotopic (exact) mass is 202 g/mol. The van der Waals surface area contributed by atoms with Crippen LogP contribution in [0.3, 0.4) is 0 Å². The minimum atomic E-state index is 0.343. The van der Waals surface area contributed by atoms with Crippen molar-refractivity contribution >= 4 is 5.78 Å². The van der Waals surface area contributed by atoms with Crippen molar-refractivity contribution in [3.05, 3.63) is 34.9 Å². The Kier molecular flexibility index (Phi) is 2.90. The number of hydrogen-bond donors (Lipinski definition) is 0. The molecule has 0 N–H and O–H groups in total. The Hall–Kier alpha value is -1.11. The van der Waals surface area contributed by atoms with Gasteiger partial charge in [-0.2, -0.15) is 0 Å². The van der Waals surface area contributed by atoms with E-state index in [0.717, 1.165) is 23.1 Å². The summed E-state index contributed by atoms with van der Waals surface area (Å²) in [5.41, 5.74) is 3.21. The molecule has 80 valence electrons. The second-order valence-corrected chi connectivity index (χ2v) is 4.69. The Bertz CT molecular complexity index is 355. The summed E-state index contributed by atoms with van der Waals surface area (Å²) in [5.74, 6) is 1.01. The maximum Gasteiger partial charge on any atom is 0.163 e. The molecule has 1 aromatic carbocycles. The zero-order valence-corrected chi connectivity index (χ0v) is 9.55. The zero-order chi connectivity index (χ0) is 10.8. The lowest BCUT2D eigenvalue weighted by molar-refractivity contribution is 0.0935. The molecule has 1 fully saturated rings. The van der Waals surface area contributed by atoms with Gasteiger partial charge in [-0.3, -0.25) is 4.79 Å². The number of Topliss-reactive ketones (excluding diaryl/α,β-unsaturated/α-hetero) is 1. The van der Waals surface area contributed by atoms with Gasteiger partial charge in [0.2, 0.25) is 0 Å². The summed E-state index contributed by atoms with van der Waals surface area (Å²) in [5, 5.41) is 0. The first kappa shape index (κ1) is 10.4. The maximum atomic E-state index is 12.1. The smallest absolute Gasteiger partial charge is 0.163 e. The van der Waals surface area contributed by atoms with Gasteiger partial charge in [-0.15, -0.1) is 0 Å². The largest absolute Gasteiger partial charge is 0.294 e. The molecule has 0 amide bonds. The predicted molar refractivity (Wildman–Crippen MR) is 62.2 cm³/mol. The number of carbonyl (C=O) groups is 1. The third kappa shape index (κ3) is 2.11. The van der Waals surface area contributed by atoms with Gasteiger partial charge in [-0.25, -0.2) is 0 Å². The summed E-state index contributed by atoms with van der Waals surface area (Å²) in [4.78, 5) is 12.1. The van der Waals surface area contributed by atoms with Gasteiger partial charge in [-0.05, 0) is 30.9 Å². The minimum absolute atomic E-state index is 0.343. The van der Waals surface area contributed by atoms with E-state index in [0.29, 0.717) is 11.7 Å². The lowest BCUT2D eigenvalue weighted by Crippen LogP contribution is -2.17. The lowest BCUT2D eigenvalue weighted by atomic mass is 9.80. The van der Waals surface area contributed by atoms with E-state index in [2.05, 4.69) is 0 Å². The number of benzene rings is 1. The predicted octanol–water partition coefficient (Wildman–Crippen LogP) is 3.68. The molecule has 1 saturated carbocycles. The van der Waals surface area contributed by atoms with E-state index in [1.165, 1.54) is 19.3 Å². The van der Waals surface area contributed by atoms with Gasteiger partial charge in [0.05, 0.1) is 0 Å². The summed E-state index contributed by atoms with van der Waals surface area (Å²) < 4.78 is 0. The molecule has 0 aliphatic heterocycles. The summed E-state index contributed by atoms with van der Waals surface area (Å²) in [7, 11) is 0. The van der Waals surface area contributed by atoms with Crippen molar-refractivity contribution in [2.75, 3.05) is 0 Å². The number of aryl methyl sites for hydroxylation is 2. The quantitative estimate of drug-likeness (QED) is 0.683. The summed E-state index contributed by atoms with van der Waals surface area (Å²) in [6.07, 6.45) is 4.56. The van der Waals surface area contributed by atoms with Crippen LogP contribution in [0.2, 0.25) is 0 Å². The Morgan fingerprint density at radius 2 is 1.87 bits per heavy atom. The molecule has 0 spiro atoms. The molecule has 1 aromatic rings. The van der Waals surface area contributed by atoms with E-state index < -0.39 is 0 Å². The molecule has 1 nitrogen and oxygen atoms in total. The van der Waals surface area contributed by atoms with E-state index in [1.807, 2.05) is 32.0 Å². The van der Waals surface area contributed by atoms with E-state index in [9.17, 15) is 4.79 Å². The third-order valence-corrected chi connectivity index (χ3v) is 3.46.